The molecule has 2 aromatic carbocycles. The molecule has 0 spiro atoms. The van der Waals surface area contributed by atoms with Crippen molar-refractivity contribution in [3.05, 3.63) is 88.9 Å². The minimum Gasteiger partial charge on any atom is -0.496 e. The summed E-state index contributed by atoms with van der Waals surface area (Å²) in [6, 6.07) is 17.5. The number of nitrogens with one attached hydrogen (secondary N) is 1. The van der Waals surface area contributed by atoms with Crippen molar-refractivity contribution in [1.29, 1.82) is 0 Å². The van der Waals surface area contributed by atoms with Crippen molar-refractivity contribution in [2.75, 3.05) is 7.11 Å². The van der Waals surface area contributed by atoms with Crippen molar-refractivity contribution in [3.63, 3.8) is 0 Å². The highest BCUT2D eigenvalue weighted by atomic mass is 79.9. The Balaban J connectivity index is 1.65. The minimum absolute atomic E-state index is 0.189. The highest BCUT2D eigenvalue weighted by molar-refractivity contribution is 9.10. The molecule has 0 bridgehead atoms. The number of ether oxygens (including phenoxy) is 1. The fourth-order valence-electron chi connectivity index (χ4n) is 3.39. The average molecular weight is 477 g/mol. The van der Waals surface area contributed by atoms with Crippen molar-refractivity contribution in [2.24, 2.45) is 0 Å². The number of amides is 1. The quantitative estimate of drug-likeness (QED) is 0.347. The van der Waals surface area contributed by atoms with Crippen LogP contribution in [0.2, 0.25) is 0 Å². The smallest absolute Gasteiger partial charge is 0.244 e. The summed E-state index contributed by atoms with van der Waals surface area (Å²) < 4.78 is 12.4. The average Bonchev–Trinajstić information content (AvgIpc) is 3.21. The Morgan fingerprint density at radius 3 is 2.71 bits per heavy atom. The van der Waals surface area contributed by atoms with Gasteiger partial charge in [0.25, 0.3) is 0 Å². The third-order valence-corrected chi connectivity index (χ3v) is 5.52. The lowest BCUT2D eigenvalue weighted by Crippen LogP contribution is -2.21. The van der Waals surface area contributed by atoms with Crippen LogP contribution in [0.25, 0.3) is 27.7 Å². The number of hydrogen-bond donors (Lipinski definition) is 1. The van der Waals surface area contributed by atoms with Crippen LogP contribution in [-0.4, -0.2) is 18.0 Å². The van der Waals surface area contributed by atoms with E-state index in [1.807, 2.05) is 61.5 Å². The van der Waals surface area contributed by atoms with E-state index in [4.69, 9.17) is 9.15 Å². The Morgan fingerprint density at radius 1 is 1.19 bits per heavy atom. The molecule has 0 aliphatic carbocycles. The summed E-state index contributed by atoms with van der Waals surface area (Å²) in [5.74, 6) is 0.459. The Kier molecular flexibility index (Phi) is 6.18. The van der Waals surface area contributed by atoms with Crippen LogP contribution in [0, 0.1) is 0 Å². The molecule has 156 valence electrons. The number of fused-ring (bicyclic) bond motifs is 1. The van der Waals surface area contributed by atoms with Gasteiger partial charge < -0.3 is 14.5 Å². The molecule has 2 aromatic heterocycles. The number of nitrogens with zero attached hydrogens (tertiary/aromatic N) is 1. The fourth-order valence-corrected chi connectivity index (χ4v) is 3.66. The number of hydrogen-bond acceptors (Lipinski definition) is 4. The Bertz CT molecular complexity index is 1250. The monoisotopic (exact) mass is 476 g/mol. The molecule has 5 nitrogen and oxygen atoms in total. The number of carbonyl (C=O) groups excluding carboxylic acids is 1. The standard InChI is InChI=1S/C25H21BrN2O3/c1-16(11-25(29)28-14-19-5-3-4-10-27-19)20-12-21-22(17-6-8-18(26)9-7-17)15-31-24(21)13-23(20)30-2/h3-13,15H,14H2,1-2H3,(H,28,29)/b16-11+. The van der Waals surface area contributed by atoms with E-state index in [0.29, 0.717) is 12.3 Å². The summed E-state index contributed by atoms with van der Waals surface area (Å²) in [4.78, 5) is 16.7. The number of benzene rings is 2. The molecule has 0 saturated heterocycles. The number of halogens is 1. The fraction of sp³-hybridized carbons (Fsp3) is 0.120. The van der Waals surface area contributed by atoms with Gasteiger partial charge in [0.1, 0.15) is 11.3 Å². The van der Waals surface area contributed by atoms with Gasteiger partial charge in [-0.2, -0.15) is 0 Å². The second kappa shape index (κ2) is 9.18. The molecule has 1 amide bonds. The second-order valence-corrected chi connectivity index (χ2v) is 7.99. The molecular formula is C25H21BrN2O3. The Morgan fingerprint density at radius 2 is 2.00 bits per heavy atom. The Hall–Kier alpha value is -3.38. The highest BCUT2D eigenvalue weighted by Crippen LogP contribution is 2.37. The maximum Gasteiger partial charge on any atom is 0.244 e. The molecule has 0 fully saturated rings. The molecule has 4 rings (SSSR count). The molecule has 0 unspecified atom stereocenters. The lowest BCUT2D eigenvalue weighted by atomic mass is 9.99. The third kappa shape index (κ3) is 4.70. The molecule has 0 radical (unpaired) electrons. The lowest BCUT2D eigenvalue weighted by molar-refractivity contribution is -0.116. The van der Waals surface area contributed by atoms with Gasteiger partial charge >= 0.3 is 0 Å². The molecule has 2 heterocycles. The molecular weight excluding hydrogens is 456 g/mol. The maximum absolute atomic E-state index is 12.5. The molecule has 0 atom stereocenters. The summed E-state index contributed by atoms with van der Waals surface area (Å²) >= 11 is 3.47. The van der Waals surface area contributed by atoms with Crippen molar-refractivity contribution in [2.45, 2.75) is 13.5 Å². The first-order chi connectivity index (χ1) is 15.0. The maximum atomic E-state index is 12.5. The highest BCUT2D eigenvalue weighted by Gasteiger charge is 2.15. The number of rotatable bonds is 6. The normalized spacial score (nSPS) is 11.5. The summed E-state index contributed by atoms with van der Waals surface area (Å²) in [5.41, 5.74) is 5.19. The third-order valence-electron chi connectivity index (χ3n) is 4.99. The molecule has 0 saturated carbocycles. The first kappa shape index (κ1) is 20.9. The number of methoxy groups -OCH3 is 1. The first-order valence-electron chi connectivity index (χ1n) is 9.76. The number of allylic oxidation sites excluding steroid dienone is 1. The van der Waals surface area contributed by atoms with E-state index in [-0.39, 0.29) is 5.91 Å². The summed E-state index contributed by atoms with van der Waals surface area (Å²) in [7, 11) is 1.61. The molecule has 0 aliphatic heterocycles. The summed E-state index contributed by atoms with van der Waals surface area (Å²) in [6.45, 7) is 2.26. The summed E-state index contributed by atoms with van der Waals surface area (Å²) in [6.07, 6.45) is 5.03. The van der Waals surface area contributed by atoms with E-state index in [0.717, 1.165) is 43.4 Å². The number of furan rings is 1. The lowest BCUT2D eigenvalue weighted by Gasteiger charge is -2.10. The van der Waals surface area contributed by atoms with E-state index in [9.17, 15) is 4.79 Å². The zero-order valence-electron chi connectivity index (χ0n) is 17.2. The number of aromatic nitrogens is 1. The van der Waals surface area contributed by atoms with Gasteiger partial charge in [-0.1, -0.05) is 34.1 Å². The molecule has 1 N–H and O–H groups in total. The van der Waals surface area contributed by atoms with Gasteiger partial charge in [-0.15, -0.1) is 0 Å². The van der Waals surface area contributed by atoms with Gasteiger partial charge in [0.05, 0.1) is 25.6 Å². The van der Waals surface area contributed by atoms with Crippen LogP contribution in [0.15, 0.2) is 82.0 Å². The van der Waals surface area contributed by atoms with E-state index < -0.39 is 0 Å². The predicted octanol–water partition coefficient (Wildman–Crippen LogP) is 5.99. The van der Waals surface area contributed by atoms with Crippen LogP contribution in [0.4, 0.5) is 0 Å². The molecule has 31 heavy (non-hydrogen) atoms. The molecule has 0 aliphatic rings. The van der Waals surface area contributed by atoms with Gasteiger partial charge in [0.2, 0.25) is 5.91 Å². The van der Waals surface area contributed by atoms with E-state index in [2.05, 4.69) is 26.2 Å². The van der Waals surface area contributed by atoms with Gasteiger partial charge in [0, 0.05) is 39.3 Å². The van der Waals surface area contributed by atoms with Crippen LogP contribution in [0.3, 0.4) is 0 Å². The van der Waals surface area contributed by atoms with Crippen molar-refractivity contribution >= 4 is 38.4 Å². The van der Waals surface area contributed by atoms with Crippen LogP contribution >= 0.6 is 15.9 Å². The van der Waals surface area contributed by atoms with Crippen molar-refractivity contribution in [3.8, 4) is 16.9 Å². The zero-order chi connectivity index (χ0) is 21.8. The van der Waals surface area contributed by atoms with Crippen LogP contribution in [-0.2, 0) is 11.3 Å². The van der Waals surface area contributed by atoms with Crippen molar-refractivity contribution < 1.29 is 13.9 Å². The van der Waals surface area contributed by atoms with Gasteiger partial charge in [0.15, 0.2) is 0 Å². The van der Waals surface area contributed by atoms with Crippen molar-refractivity contribution in [1.82, 2.24) is 10.3 Å². The topological polar surface area (TPSA) is 64.4 Å². The van der Waals surface area contributed by atoms with E-state index in [1.165, 1.54) is 0 Å². The van der Waals surface area contributed by atoms with Crippen LogP contribution in [0.5, 0.6) is 5.75 Å². The molecule has 6 heteroatoms. The second-order valence-electron chi connectivity index (χ2n) is 7.07. The Labute approximate surface area is 188 Å². The van der Waals surface area contributed by atoms with Gasteiger partial charge in [-0.25, -0.2) is 0 Å². The van der Waals surface area contributed by atoms with E-state index >= 15 is 0 Å². The summed E-state index contributed by atoms with van der Waals surface area (Å²) in [5, 5.41) is 3.83. The molecule has 4 aromatic rings. The van der Waals surface area contributed by atoms with Crippen LogP contribution in [0.1, 0.15) is 18.2 Å². The number of pyridine rings is 1. The van der Waals surface area contributed by atoms with Gasteiger partial charge in [-0.05, 0) is 48.4 Å². The first-order valence-corrected chi connectivity index (χ1v) is 10.6. The SMILES string of the molecule is COc1cc2occ(-c3ccc(Br)cc3)c2cc1/C(C)=C/C(=O)NCc1ccccn1. The zero-order valence-corrected chi connectivity index (χ0v) is 18.8. The predicted molar refractivity (Wildman–Crippen MR) is 126 cm³/mol. The largest absolute Gasteiger partial charge is 0.496 e. The van der Waals surface area contributed by atoms with Crippen LogP contribution < -0.4 is 10.1 Å². The van der Waals surface area contributed by atoms with E-state index in [1.54, 1.807) is 25.6 Å². The minimum atomic E-state index is -0.189. The number of carbonyl (C=O) groups is 1. The van der Waals surface area contributed by atoms with Gasteiger partial charge in [-0.3, -0.25) is 9.78 Å².